The number of carboxylic acids is 1. The van der Waals surface area contributed by atoms with E-state index >= 15 is 0 Å². The van der Waals surface area contributed by atoms with Crippen molar-refractivity contribution in [1.29, 1.82) is 0 Å². The van der Waals surface area contributed by atoms with Gasteiger partial charge in [0.25, 0.3) is 11.8 Å². The first-order chi connectivity index (χ1) is 12.4. The summed E-state index contributed by atoms with van der Waals surface area (Å²) in [6.45, 7) is 0. The molecule has 2 aromatic rings. The molecule has 0 bridgehead atoms. The van der Waals surface area contributed by atoms with Crippen LogP contribution in [0.15, 0.2) is 54.1 Å². The molecule has 3 rings (SSSR count). The second kappa shape index (κ2) is 6.60. The smallest absolute Gasteiger partial charge is 0.335 e. The standard InChI is InChI=1S/C18H11FN2O5/c19-12-5-7-13(8-6-12)21-16(23)14(15(22)20-18(21)26)9-10-1-3-11(4-2-10)17(24)25/h1-9H,(H,24,25)(H,20,22,26)/b14-9+. The normalized spacial score (nSPS) is 16.0. The van der Waals surface area contributed by atoms with E-state index in [0.29, 0.717) is 5.56 Å². The zero-order valence-corrected chi connectivity index (χ0v) is 13.1. The Balaban J connectivity index is 1.96. The van der Waals surface area contributed by atoms with Gasteiger partial charge >= 0.3 is 12.0 Å². The summed E-state index contributed by atoms with van der Waals surface area (Å²) in [6.07, 6.45) is 1.24. The van der Waals surface area contributed by atoms with Gasteiger partial charge < -0.3 is 5.11 Å². The Kier molecular flexibility index (Phi) is 4.32. The highest BCUT2D eigenvalue weighted by Gasteiger charge is 2.36. The molecule has 1 aliphatic rings. The molecular weight excluding hydrogens is 343 g/mol. The number of benzene rings is 2. The van der Waals surface area contributed by atoms with E-state index in [1.54, 1.807) is 0 Å². The number of barbiturate groups is 1. The van der Waals surface area contributed by atoms with Crippen molar-refractivity contribution in [3.63, 3.8) is 0 Å². The number of carbonyl (C=O) groups is 4. The van der Waals surface area contributed by atoms with Gasteiger partial charge in [-0.3, -0.25) is 14.9 Å². The minimum absolute atomic E-state index is 0.0506. The van der Waals surface area contributed by atoms with Crippen molar-refractivity contribution in [3.8, 4) is 0 Å². The van der Waals surface area contributed by atoms with Gasteiger partial charge in [-0.1, -0.05) is 12.1 Å². The number of rotatable bonds is 3. The van der Waals surface area contributed by atoms with Crippen molar-refractivity contribution in [3.05, 3.63) is 71.0 Å². The summed E-state index contributed by atoms with van der Waals surface area (Å²) in [4.78, 5) is 48.2. The van der Waals surface area contributed by atoms with Crippen LogP contribution < -0.4 is 10.2 Å². The van der Waals surface area contributed by atoms with Crippen LogP contribution in [0.1, 0.15) is 15.9 Å². The van der Waals surface area contributed by atoms with Crippen molar-refractivity contribution in [2.24, 2.45) is 0 Å². The summed E-state index contributed by atoms with van der Waals surface area (Å²) in [5, 5.41) is 10.9. The van der Waals surface area contributed by atoms with Crippen LogP contribution in [-0.2, 0) is 9.59 Å². The molecule has 4 amide bonds. The topological polar surface area (TPSA) is 104 Å². The van der Waals surface area contributed by atoms with Crippen molar-refractivity contribution in [2.45, 2.75) is 0 Å². The predicted octanol–water partition coefficient (Wildman–Crippen LogP) is 2.19. The zero-order chi connectivity index (χ0) is 18.8. The van der Waals surface area contributed by atoms with Crippen LogP contribution in [-0.4, -0.2) is 28.9 Å². The maximum absolute atomic E-state index is 13.1. The summed E-state index contributed by atoms with van der Waals surface area (Å²) < 4.78 is 13.1. The Hall–Kier alpha value is -3.81. The first-order valence-electron chi connectivity index (χ1n) is 7.37. The van der Waals surface area contributed by atoms with Gasteiger partial charge in [-0.05, 0) is 48.0 Å². The molecule has 0 atom stereocenters. The molecule has 8 heteroatoms. The number of amides is 4. The third-order valence-electron chi connectivity index (χ3n) is 3.66. The highest BCUT2D eigenvalue weighted by molar-refractivity contribution is 6.39. The lowest BCUT2D eigenvalue weighted by Crippen LogP contribution is -2.54. The highest BCUT2D eigenvalue weighted by atomic mass is 19.1. The average Bonchev–Trinajstić information content (AvgIpc) is 2.60. The number of urea groups is 1. The first-order valence-corrected chi connectivity index (χ1v) is 7.37. The van der Waals surface area contributed by atoms with Crippen LogP contribution in [0.4, 0.5) is 14.9 Å². The Labute approximate surface area is 146 Å². The molecule has 1 heterocycles. The molecule has 7 nitrogen and oxygen atoms in total. The molecule has 0 aromatic heterocycles. The van der Waals surface area contributed by atoms with E-state index in [2.05, 4.69) is 0 Å². The van der Waals surface area contributed by atoms with Crippen LogP contribution >= 0.6 is 0 Å². The Morgan fingerprint density at radius 1 is 1.00 bits per heavy atom. The lowest BCUT2D eigenvalue weighted by Gasteiger charge is -2.26. The number of nitrogens with zero attached hydrogens (tertiary/aromatic N) is 1. The lowest BCUT2D eigenvalue weighted by molar-refractivity contribution is -0.122. The fraction of sp³-hybridized carbons (Fsp3) is 0. The molecule has 0 aliphatic carbocycles. The van der Waals surface area contributed by atoms with Gasteiger partial charge in [-0.15, -0.1) is 0 Å². The van der Waals surface area contributed by atoms with E-state index in [-0.39, 0.29) is 16.8 Å². The van der Waals surface area contributed by atoms with Gasteiger partial charge in [-0.25, -0.2) is 18.9 Å². The molecule has 2 aromatic carbocycles. The third kappa shape index (κ3) is 3.20. The summed E-state index contributed by atoms with van der Waals surface area (Å²) in [6, 6.07) is 9.20. The summed E-state index contributed by atoms with van der Waals surface area (Å²) in [7, 11) is 0. The minimum atomic E-state index is -1.11. The highest BCUT2D eigenvalue weighted by Crippen LogP contribution is 2.22. The second-order valence-corrected chi connectivity index (χ2v) is 5.36. The molecule has 130 valence electrons. The number of nitrogens with one attached hydrogen (secondary N) is 1. The summed E-state index contributed by atoms with van der Waals surface area (Å²) in [5.41, 5.74) is 0.252. The fourth-order valence-corrected chi connectivity index (χ4v) is 2.37. The van der Waals surface area contributed by atoms with Gasteiger partial charge in [0.2, 0.25) is 0 Å². The number of anilines is 1. The maximum atomic E-state index is 13.1. The average molecular weight is 354 g/mol. The number of aromatic carboxylic acids is 1. The monoisotopic (exact) mass is 354 g/mol. The molecular formula is C18H11FN2O5. The van der Waals surface area contributed by atoms with Gasteiger partial charge in [0.1, 0.15) is 11.4 Å². The van der Waals surface area contributed by atoms with Gasteiger partial charge in [-0.2, -0.15) is 0 Å². The molecule has 26 heavy (non-hydrogen) atoms. The van der Waals surface area contributed by atoms with Crippen LogP contribution in [0.3, 0.4) is 0 Å². The number of halogens is 1. The lowest BCUT2D eigenvalue weighted by atomic mass is 10.1. The molecule has 1 saturated heterocycles. The second-order valence-electron chi connectivity index (χ2n) is 5.36. The number of hydrogen-bond acceptors (Lipinski definition) is 4. The molecule has 0 radical (unpaired) electrons. The van der Waals surface area contributed by atoms with Gasteiger partial charge in [0.05, 0.1) is 11.3 Å². The van der Waals surface area contributed by atoms with Gasteiger partial charge in [0.15, 0.2) is 0 Å². The minimum Gasteiger partial charge on any atom is -0.478 e. The van der Waals surface area contributed by atoms with Crippen LogP contribution in [0.2, 0.25) is 0 Å². The number of carbonyl (C=O) groups excluding carboxylic acids is 3. The zero-order valence-electron chi connectivity index (χ0n) is 13.1. The molecule has 2 N–H and O–H groups in total. The summed E-state index contributed by atoms with van der Waals surface area (Å²) in [5.74, 6) is -3.39. The molecule has 0 saturated carbocycles. The SMILES string of the molecule is O=C1NC(=O)N(c2ccc(F)cc2)C(=O)/C1=C/c1ccc(C(=O)O)cc1. The maximum Gasteiger partial charge on any atom is 0.335 e. The third-order valence-corrected chi connectivity index (χ3v) is 3.66. The number of carboxylic acid groups (broad SMARTS) is 1. The van der Waals surface area contributed by atoms with Crippen LogP contribution in [0.25, 0.3) is 6.08 Å². The quantitative estimate of drug-likeness (QED) is 0.649. The van der Waals surface area contributed by atoms with E-state index in [0.717, 1.165) is 17.0 Å². The molecule has 1 fully saturated rings. The van der Waals surface area contributed by atoms with E-state index < -0.39 is 29.6 Å². The van der Waals surface area contributed by atoms with Crippen molar-refractivity contribution < 1.29 is 28.7 Å². The first kappa shape index (κ1) is 17.0. The molecule has 1 aliphatic heterocycles. The molecule has 0 spiro atoms. The van der Waals surface area contributed by atoms with Crippen molar-refractivity contribution >= 4 is 35.6 Å². The van der Waals surface area contributed by atoms with Crippen molar-refractivity contribution in [1.82, 2.24) is 5.32 Å². The fourth-order valence-electron chi connectivity index (χ4n) is 2.37. The van der Waals surface area contributed by atoms with E-state index in [1.807, 2.05) is 5.32 Å². The molecule has 0 unspecified atom stereocenters. The predicted molar refractivity (Wildman–Crippen MR) is 88.8 cm³/mol. The van der Waals surface area contributed by atoms with Crippen LogP contribution in [0, 0.1) is 5.82 Å². The number of imide groups is 2. The van der Waals surface area contributed by atoms with Crippen molar-refractivity contribution in [2.75, 3.05) is 4.90 Å². The van der Waals surface area contributed by atoms with E-state index in [4.69, 9.17) is 5.11 Å². The van der Waals surface area contributed by atoms with Crippen LogP contribution in [0.5, 0.6) is 0 Å². The Morgan fingerprint density at radius 2 is 1.62 bits per heavy atom. The summed E-state index contributed by atoms with van der Waals surface area (Å²) >= 11 is 0. The largest absolute Gasteiger partial charge is 0.478 e. The van der Waals surface area contributed by atoms with E-state index in [9.17, 15) is 23.6 Å². The Morgan fingerprint density at radius 3 is 2.19 bits per heavy atom. The number of hydrogen-bond donors (Lipinski definition) is 2. The van der Waals surface area contributed by atoms with E-state index in [1.165, 1.54) is 42.5 Å². The Bertz CT molecular complexity index is 949. The van der Waals surface area contributed by atoms with Gasteiger partial charge in [0, 0.05) is 0 Å².